The Hall–Kier alpha value is -3.97. The Bertz CT molecular complexity index is 1240. The van der Waals surface area contributed by atoms with Gasteiger partial charge in [0.2, 0.25) is 5.78 Å². The summed E-state index contributed by atoms with van der Waals surface area (Å²) in [7, 11) is 0. The SMILES string of the molecule is Nc1cccc(C(=O)[C@H](C(=O)C(=O)Nc2ccc(Cl)cc2)[C@@H]2OC(=O)c3ccccc32)c1. The van der Waals surface area contributed by atoms with Crippen LogP contribution in [0.1, 0.15) is 32.4 Å². The zero-order valence-corrected chi connectivity index (χ0v) is 17.3. The fourth-order valence-electron chi connectivity index (χ4n) is 3.55. The number of cyclic esters (lactones) is 1. The molecule has 1 amide bonds. The molecule has 0 unspecified atom stereocenters. The molecule has 0 radical (unpaired) electrons. The Labute approximate surface area is 188 Å². The Morgan fingerprint density at radius 2 is 1.69 bits per heavy atom. The second kappa shape index (κ2) is 8.64. The number of ether oxygens (including phenoxy) is 1. The lowest BCUT2D eigenvalue weighted by Crippen LogP contribution is -2.38. The third-order valence-electron chi connectivity index (χ3n) is 5.09. The number of carbonyl (C=O) groups excluding carboxylic acids is 4. The second-order valence-corrected chi connectivity index (χ2v) is 7.64. The van der Waals surface area contributed by atoms with Gasteiger partial charge in [-0.15, -0.1) is 0 Å². The highest BCUT2D eigenvalue weighted by Crippen LogP contribution is 2.38. The van der Waals surface area contributed by atoms with Gasteiger partial charge in [-0.1, -0.05) is 41.9 Å². The maximum atomic E-state index is 13.4. The second-order valence-electron chi connectivity index (χ2n) is 7.21. The predicted octanol–water partition coefficient (Wildman–Crippen LogP) is 3.84. The van der Waals surface area contributed by atoms with E-state index in [0.717, 1.165) is 0 Å². The molecular weight excluding hydrogens is 432 g/mol. The summed E-state index contributed by atoms with van der Waals surface area (Å²) in [5, 5.41) is 2.92. The molecule has 3 N–H and O–H groups in total. The number of amides is 1. The lowest BCUT2D eigenvalue weighted by molar-refractivity contribution is -0.138. The third kappa shape index (κ3) is 4.10. The minimum atomic E-state index is -1.59. The molecule has 4 rings (SSSR count). The first-order valence-electron chi connectivity index (χ1n) is 9.65. The zero-order valence-electron chi connectivity index (χ0n) is 16.6. The van der Waals surface area contributed by atoms with Crippen LogP contribution in [0.25, 0.3) is 0 Å². The average molecular weight is 449 g/mol. The van der Waals surface area contributed by atoms with Crippen LogP contribution in [0.5, 0.6) is 0 Å². The molecule has 0 bridgehead atoms. The number of carbonyl (C=O) groups is 4. The number of fused-ring (bicyclic) bond motifs is 1. The van der Waals surface area contributed by atoms with E-state index in [9.17, 15) is 19.2 Å². The van der Waals surface area contributed by atoms with Gasteiger partial charge < -0.3 is 15.8 Å². The highest BCUT2D eigenvalue weighted by Gasteiger charge is 2.46. The van der Waals surface area contributed by atoms with Crippen molar-refractivity contribution in [3.05, 3.63) is 94.5 Å². The first-order valence-corrected chi connectivity index (χ1v) is 10.0. The van der Waals surface area contributed by atoms with E-state index < -0.39 is 35.5 Å². The van der Waals surface area contributed by atoms with Crippen molar-refractivity contribution in [2.24, 2.45) is 5.92 Å². The summed E-state index contributed by atoms with van der Waals surface area (Å²) in [6, 6.07) is 18.6. The molecule has 8 heteroatoms. The van der Waals surface area contributed by atoms with Crippen molar-refractivity contribution in [3.8, 4) is 0 Å². The van der Waals surface area contributed by atoms with Crippen LogP contribution in [0.15, 0.2) is 72.8 Å². The van der Waals surface area contributed by atoms with Gasteiger partial charge in [0.15, 0.2) is 5.78 Å². The van der Waals surface area contributed by atoms with Crippen molar-refractivity contribution in [2.45, 2.75) is 6.10 Å². The molecule has 7 nitrogen and oxygen atoms in total. The van der Waals surface area contributed by atoms with Gasteiger partial charge in [0.1, 0.15) is 12.0 Å². The monoisotopic (exact) mass is 448 g/mol. The summed E-state index contributed by atoms with van der Waals surface area (Å²) in [5.74, 6) is -4.99. The summed E-state index contributed by atoms with van der Waals surface area (Å²) in [6.45, 7) is 0. The van der Waals surface area contributed by atoms with Crippen LogP contribution in [0.4, 0.5) is 11.4 Å². The molecule has 3 aromatic rings. The largest absolute Gasteiger partial charge is 0.453 e. The van der Waals surface area contributed by atoms with Crippen LogP contribution in [0.3, 0.4) is 0 Å². The average Bonchev–Trinajstić information content (AvgIpc) is 3.11. The number of benzene rings is 3. The van der Waals surface area contributed by atoms with Crippen LogP contribution in [0.2, 0.25) is 5.02 Å². The standard InChI is InChI=1S/C24H17ClN2O5/c25-14-8-10-16(11-9-14)27-23(30)21(29)19(20(28)13-4-3-5-15(26)12-13)22-17-6-1-2-7-18(17)24(31)32-22/h1-12,19,22H,26H2,(H,27,30)/t19-,22-/m1/s1. The molecule has 0 aliphatic carbocycles. The van der Waals surface area contributed by atoms with Gasteiger partial charge in [0, 0.05) is 27.5 Å². The molecule has 1 aliphatic rings. The van der Waals surface area contributed by atoms with E-state index in [-0.39, 0.29) is 11.1 Å². The molecule has 2 atom stereocenters. The van der Waals surface area contributed by atoms with Gasteiger partial charge in [-0.3, -0.25) is 14.4 Å². The van der Waals surface area contributed by atoms with Crippen molar-refractivity contribution < 1.29 is 23.9 Å². The van der Waals surface area contributed by atoms with E-state index in [1.165, 1.54) is 30.3 Å². The first-order chi connectivity index (χ1) is 15.3. The van der Waals surface area contributed by atoms with E-state index in [0.29, 0.717) is 22.0 Å². The molecule has 3 aromatic carbocycles. The van der Waals surface area contributed by atoms with Gasteiger partial charge in [0.25, 0.3) is 5.91 Å². The number of Topliss-reactive ketones (excluding diaryl/α,β-unsaturated/α-hetero) is 2. The van der Waals surface area contributed by atoms with Crippen molar-refractivity contribution in [3.63, 3.8) is 0 Å². The van der Waals surface area contributed by atoms with E-state index in [1.807, 2.05) is 0 Å². The lowest BCUT2D eigenvalue weighted by Gasteiger charge is -2.21. The van der Waals surface area contributed by atoms with Crippen molar-refractivity contribution in [2.75, 3.05) is 11.1 Å². The third-order valence-corrected chi connectivity index (χ3v) is 5.34. The Morgan fingerprint density at radius 1 is 0.969 bits per heavy atom. The summed E-state index contributed by atoms with van der Waals surface area (Å²) in [4.78, 5) is 51.7. The van der Waals surface area contributed by atoms with Gasteiger partial charge >= 0.3 is 5.97 Å². The van der Waals surface area contributed by atoms with E-state index in [1.54, 1.807) is 42.5 Å². The highest BCUT2D eigenvalue weighted by molar-refractivity contribution is 6.45. The van der Waals surface area contributed by atoms with Crippen molar-refractivity contribution >= 4 is 46.4 Å². The van der Waals surface area contributed by atoms with E-state index >= 15 is 0 Å². The molecule has 1 heterocycles. The maximum Gasteiger partial charge on any atom is 0.339 e. The van der Waals surface area contributed by atoms with Crippen molar-refractivity contribution in [1.29, 1.82) is 0 Å². The minimum Gasteiger partial charge on any atom is -0.453 e. The maximum absolute atomic E-state index is 13.4. The number of ketones is 2. The minimum absolute atomic E-state index is 0.128. The first kappa shape index (κ1) is 21.3. The summed E-state index contributed by atoms with van der Waals surface area (Å²) >= 11 is 5.85. The van der Waals surface area contributed by atoms with Crippen LogP contribution in [0, 0.1) is 5.92 Å². The van der Waals surface area contributed by atoms with E-state index in [4.69, 9.17) is 22.1 Å². The molecule has 160 valence electrons. The summed E-state index contributed by atoms with van der Waals surface area (Å²) in [6.07, 6.45) is -1.24. The molecule has 0 spiro atoms. The number of hydrogen-bond acceptors (Lipinski definition) is 6. The number of nitrogens with two attached hydrogens (primary N) is 1. The van der Waals surface area contributed by atoms with Crippen LogP contribution >= 0.6 is 11.6 Å². The normalized spacial score (nSPS) is 15.4. The number of anilines is 2. The van der Waals surface area contributed by atoms with Crippen molar-refractivity contribution in [1.82, 2.24) is 0 Å². The van der Waals surface area contributed by atoms with Crippen LogP contribution in [-0.2, 0) is 14.3 Å². The number of hydrogen-bond donors (Lipinski definition) is 2. The Morgan fingerprint density at radius 3 is 2.41 bits per heavy atom. The van der Waals surface area contributed by atoms with Gasteiger partial charge in [-0.2, -0.15) is 0 Å². The number of esters is 1. The zero-order chi connectivity index (χ0) is 22.8. The molecule has 32 heavy (non-hydrogen) atoms. The lowest BCUT2D eigenvalue weighted by atomic mass is 9.84. The molecule has 0 saturated heterocycles. The van der Waals surface area contributed by atoms with Gasteiger partial charge in [-0.25, -0.2) is 4.79 Å². The molecule has 0 saturated carbocycles. The highest BCUT2D eigenvalue weighted by atomic mass is 35.5. The van der Waals surface area contributed by atoms with Gasteiger partial charge in [0.05, 0.1) is 5.56 Å². The smallest absolute Gasteiger partial charge is 0.339 e. The predicted molar refractivity (Wildman–Crippen MR) is 118 cm³/mol. The molecule has 0 fully saturated rings. The number of halogens is 1. The fourth-order valence-corrected chi connectivity index (χ4v) is 3.68. The topological polar surface area (TPSA) is 116 Å². The molecule has 0 aromatic heterocycles. The number of nitrogens with one attached hydrogen (secondary N) is 1. The summed E-state index contributed by atoms with van der Waals surface area (Å²) < 4.78 is 5.39. The number of rotatable bonds is 6. The van der Waals surface area contributed by atoms with Gasteiger partial charge in [-0.05, 0) is 42.5 Å². The van der Waals surface area contributed by atoms with Crippen LogP contribution < -0.4 is 11.1 Å². The molecule has 1 aliphatic heterocycles. The Kier molecular flexibility index (Phi) is 5.75. The number of nitrogen functional groups attached to an aromatic ring is 1. The summed E-state index contributed by atoms with van der Waals surface area (Å²) in [5.41, 5.74) is 7.17. The quantitative estimate of drug-likeness (QED) is 0.194. The Balaban J connectivity index is 1.71. The molecular formula is C24H17ClN2O5. The van der Waals surface area contributed by atoms with Crippen LogP contribution in [-0.4, -0.2) is 23.4 Å². The fraction of sp³-hybridized carbons (Fsp3) is 0.0833. The van der Waals surface area contributed by atoms with E-state index in [2.05, 4.69) is 5.32 Å².